The van der Waals surface area contributed by atoms with Gasteiger partial charge >= 0.3 is 0 Å². The number of hydrogen-bond donors (Lipinski definition) is 3. The molecular weight excluding hydrogens is 426 g/mol. The minimum atomic E-state index is 0. The van der Waals surface area contributed by atoms with Crippen molar-refractivity contribution in [2.45, 2.75) is 59.3 Å². The van der Waals surface area contributed by atoms with Crippen molar-refractivity contribution in [3.8, 4) is 0 Å². The molecule has 0 aliphatic carbocycles. The molecule has 0 atom stereocenters. The van der Waals surface area contributed by atoms with Gasteiger partial charge in [-0.1, -0.05) is 40.0 Å². The SMILES string of the molecule is Br.Br.Br.CCCCN.CCCCN.CCCCN. The summed E-state index contributed by atoms with van der Waals surface area (Å²) in [5.41, 5.74) is 15.4. The number of halogens is 3. The van der Waals surface area contributed by atoms with E-state index in [0.29, 0.717) is 0 Å². The van der Waals surface area contributed by atoms with Crippen molar-refractivity contribution < 1.29 is 0 Å². The van der Waals surface area contributed by atoms with Gasteiger partial charge < -0.3 is 17.2 Å². The lowest BCUT2D eigenvalue weighted by Gasteiger charge is -1.80. The molecule has 0 aromatic carbocycles. The monoisotopic (exact) mass is 459 g/mol. The maximum absolute atomic E-state index is 5.14. The molecule has 0 saturated carbocycles. The third kappa shape index (κ3) is 86.1. The zero-order chi connectivity index (χ0) is 12.4. The van der Waals surface area contributed by atoms with E-state index in [9.17, 15) is 0 Å². The highest BCUT2D eigenvalue weighted by Gasteiger charge is 1.68. The second kappa shape index (κ2) is 51.6. The van der Waals surface area contributed by atoms with Crippen LogP contribution in [0.3, 0.4) is 0 Å². The first kappa shape index (κ1) is 36.5. The highest BCUT2D eigenvalue weighted by molar-refractivity contribution is 8.93. The lowest BCUT2D eigenvalue weighted by molar-refractivity contribution is 0.807. The molecule has 0 unspecified atom stereocenters. The molecule has 120 valence electrons. The first-order valence-corrected chi connectivity index (χ1v) is 6.35. The van der Waals surface area contributed by atoms with Gasteiger partial charge in [0, 0.05) is 0 Å². The molecule has 0 saturated heterocycles. The van der Waals surface area contributed by atoms with Crippen LogP contribution in [0.25, 0.3) is 0 Å². The summed E-state index contributed by atoms with van der Waals surface area (Å²) in [6.45, 7) is 8.93. The van der Waals surface area contributed by atoms with Crippen LogP contribution >= 0.6 is 50.9 Å². The largest absolute Gasteiger partial charge is 0.330 e. The van der Waals surface area contributed by atoms with Crippen molar-refractivity contribution in [3.63, 3.8) is 0 Å². The predicted octanol–water partition coefficient (Wildman–Crippen LogP) is 3.97. The predicted molar refractivity (Wildman–Crippen MR) is 103 cm³/mol. The van der Waals surface area contributed by atoms with E-state index in [-0.39, 0.29) is 50.9 Å². The molecular formula is C12H36Br3N3. The van der Waals surface area contributed by atoms with Gasteiger partial charge in [-0.25, -0.2) is 0 Å². The Balaban J connectivity index is -0.0000000277. The molecule has 0 rings (SSSR count). The van der Waals surface area contributed by atoms with E-state index in [2.05, 4.69) is 20.8 Å². The fraction of sp³-hybridized carbons (Fsp3) is 1.00. The summed E-state index contributed by atoms with van der Waals surface area (Å²) in [5.74, 6) is 0. The molecule has 0 aliphatic heterocycles. The van der Waals surface area contributed by atoms with Gasteiger partial charge in [-0.05, 0) is 38.9 Å². The Hall–Kier alpha value is 1.32. The normalized spacial score (nSPS) is 7.00. The quantitative estimate of drug-likeness (QED) is 0.560. The van der Waals surface area contributed by atoms with Gasteiger partial charge in [-0.2, -0.15) is 0 Å². The number of nitrogens with two attached hydrogens (primary N) is 3. The van der Waals surface area contributed by atoms with Crippen LogP contribution in [0.4, 0.5) is 0 Å². The summed E-state index contributed by atoms with van der Waals surface area (Å²) in [7, 11) is 0. The molecule has 0 aromatic rings. The average Bonchev–Trinajstić information content (AvgIpc) is 2.23. The Morgan fingerprint density at radius 3 is 0.667 bits per heavy atom. The van der Waals surface area contributed by atoms with E-state index in [4.69, 9.17) is 17.2 Å². The molecule has 6 heteroatoms. The van der Waals surface area contributed by atoms with E-state index < -0.39 is 0 Å². The van der Waals surface area contributed by atoms with Crippen molar-refractivity contribution in [2.24, 2.45) is 17.2 Å². The topological polar surface area (TPSA) is 78.1 Å². The molecule has 0 fully saturated rings. The number of unbranched alkanes of at least 4 members (excludes halogenated alkanes) is 3. The molecule has 0 spiro atoms. The van der Waals surface area contributed by atoms with Crippen LogP contribution in [-0.4, -0.2) is 19.6 Å². The lowest BCUT2D eigenvalue weighted by Crippen LogP contribution is -1.95. The molecule has 0 amide bonds. The maximum Gasteiger partial charge on any atom is -0.00774 e. The first-order chi connectivity index (χ1) is 7.24. The van der Waals surface area contributed by atoms with Crippen molar-refractivity contribution in [3.05, 3.63) is 0 Å². The zero-order valence-electron chi connectivity index (χ0n) is 12.3. The van der Waals surface area contributed by atoms with Crippen molar-refractivity contribution in [1.82, 2.24) is 0 Å². The summed E-state index contributed by atoms with van der Waals surface area (Å²) in [5, 5.41) is 0. The van der Waals surface area contributed by atoms with Gasteiger partial charge in [-0.15, -0.1) is 50.9 Å². The second-order valence-electron chi connectivity index (χ2n) is 3.43. The molecule has 0 radical (unpaired) electrons. The highest BCUT2D eigenvalue weighted by atomic mass is 79.9. The molecule has 0 aliphatic rings. The fourth-order valence-electron chi connectivity index (χ4n) is 0.612. The minimum absolute atomic E-state index is 0. The van der Waals surface area contributed by atoms with Gasteiger partial charge in [-0.3, -0.25) is 0 Å². The van der Waals surface area contributed by atoms with E-state index in [1.807, 2.05) is 0 Å². The van der Waals surface area contributed by atoms with Crippen molar-refractivity contribution in [1.29, 1.82) is 0 Å². The maximum atomic E-state index is 5.14. The fourth-order valence-corrected chi connectivity index (χ4v) is 0.612. The van der Waals surface area contributed by atoms with Crippen molar-refractivity contribution >= 4 is 50.9 Å². The Morgan fingerprint density at radius 1 is 0.500 bits per heavy atom. The molecule has 0 heterocycles. The summed E-state index contributed by atoms with van der Waals surface area (Å²) in [6, 6.07) is 0. The average molecular weight is 462 g/mol. The smallest absolute Gasteiger partial charge is 0.00774 e. The van der Waals surface area contributed by atoms with Crippen molar-refractivity contribution in [2.75, 3.05) is 19.6 Å². The van der Waals surface area contributed by atoms with Crippen LogP contribution in [0.1, 0.15) is 59.3 Å². The molecule has 6 N–H and O–H groups in total. The van der Waals surface area contributed by atoms with Gasteiger partial charge in [0.05, 0.1) is 0 Å². The highest BCUT2D eigenvalue weighted by Crippen LogP contribution is 1.77. The summed E-state index contributed by atoms with van der Waals surface area (Å²) in [4.78, 5) is 0. The Bertz CT molecular complexity index is 59.3. The van der Waals surface area contributed by atoms with Crippen LogP contribution in [0.2, 0.25) is 0 Å². The third-order valence-electron chi connectivity index (χ3n) is 1.67. The van der Waals surface area contributed by atoms with E-state index in [1.54, 1.807) is 0 Å². The molecule has 0 aromatic heterocycles. The summed E-state index contributed by atoms with van der Waals surface area (Å²) in [6.07, 6.45) is 7.16. The Kier molecular flexibility index (Phi) is 105. The Labute approximate surface area is 146 Å². The van der Waals surface area contributed by atoms with E-state index in [0.717, 1.165) is 19.6 Å². The zero-order valence-corrected chi connectivity index (χ0v) is 17.5. The number of rotatable bonds is 6. The molecule has 0 bridgehead atoms. The van der Waals surface area contributed by atoms with Gasteiger partial charge in [0.1, 0.15) is 0 Å². The lowest BCUT2D eigenvalue weighted by atomic mass is 10.3. The standard InChI is InChI=1S/3C4H11N.3BrH/c3*1-2-3-4-5;;;/h3*2-5H2,1H3;3*1H. The van der Waals surface area contributed by atoms with Crippen LogP contribution in [0, 0.1) is 0 Å². The minimum Gasteiger partial charge on any atom is -0.330 e. The van der Waals surface area contributed by atoms with Crippen LogP contribution in [0.15, 0.2) is 0 Å². The van der Waals surface area contributed by atoms with Gasteiger partial charge in [0.15, 0.2) is 0 Å². The third-order valence-corrected chi connectivity index (χ3v) is 1.67. The number of hydrogen-bond acceptors (Lipinski definition) is 3. The summed E-state index contributed by atoms with van der Waals surface area (Å²) >= 11 is 0. The van der Waals surface area contributed by atoms with Crippen LogP contribution in [0.5, 0.6) is 0 Å². The second-order valence-corrected chi connectivity index (χ2v) is 3.43. The first-order valence-electron chi connectivity index (χ1n) is 6.35. The van der Waals surface area contributed by atoms with E-state index >= 15 is 0 Å². The summed E-state index contributed by atoms with van der Waals surface area (Å²) < 4.78 is 0. The Morgan fingerprint density at radius 2 is 0.667 bits per heavy atom. The van der Waals surface area contributed by atoms with Gasteiger partial charge in [0.2, 0.25) is 0 Å². The molecule has 3 nitrogen and oxygen atoms in total. The van der Waals surface area contributed by atoms with E-state index in [1.165, 1.54) is 38.5 Å². The molecule has 18 heavy (non-hydrogen) atoms. The van der Waals surface area contributed by atoms with Crippen LogP contribution in [-0.2, 0) is 0 Å². The van der Waals surface area contributed by atoms with Gasteiger partial charge in [0.25, 0.3) is 0 Å². The van der Waals surface area contributed by atoms with Crippen LogP contribution < -0.4 is 17.2 Å².